The van der Waals surface area contributed by atoms with E-state index in [1.54, 1.807) is 17.1 Å². The molecular formula is C7H14N2O. The number of rotatable bonds is 5. The Kier molecular flexibility index (Phi) is 9.24. The van der Waals surface area contributed by atoms with Crippen molar-refractivity contribution in [2.24, 2.45) is 0 Å². The zero-order valence-electron chi connectivity index (χ0n) is 6.12. The van der Waals surface area contributed by atoms with Crippen molar-refractivity contribution in [3.8, 4) is 0 Å². The Morgan fingerprint density at radius 3 is 1.80 bits per heavy atom. The summed E-state index contributed by atoms with van der Waals surface area (Å²) in [7, 11) is 0. The minimum Gasteiger partial charge on any atom is -0.344 e. The van der Waals surface area contributed by atoms with Gasteiger partial charge in [-0.3, -0.25) is 4.79 Å². The molecule has 3 heteroatoms. The normalized spacial score (nSPS) is 7.20. The summed E-state index contributed by atoms with van der Waals surface area (Å²) in [5.41, 5.74) is 0. The Labute approximate surface area is 61.6 Å². The fourth-order valence-electron chi connectivity index (χ4n) is 0.492. The van der Waals surface area contributed by atoms with E-state index in [0.717, 1.165) is 6.41 Å². The van der Waals surface area contributed by atoms with Gasteiger partial charge in [0.05, 0.1) is 0 Å². The van der Waals surface area contributed by atoms with Crippen molar-refractivity contribution in [3.05, 3.63) is 25.3 Å². The van der Waals surface area contributed by atoms with Crippen molar-refractivity contribution in [2.75, 3.05) is 13.1 Å². The zero-order chi connectivity index (χ0) is 7.11. The Hall–Kier alpha value is -1.09. The SMILES string of the molecule is C=CCN(C=O)CC=C.N. The quantitative estimate of drug-likeness (QED) is 0.459. The summed E-state index contributed by atoms with van der Waals surface area (Å²) in [6.07, 6.45) is 4.14. The maximum Gasteiger partial charge on any atom is 0.210 e. The van der Waals surface area contributed by atoms with E-state index in [9.17, 15) is 4.79 Å². The molecule has 1 amide bonds. The summed E-state index contributed by atoms with van der Waals surface area (Å²) in [6, 6.07) is 0. The third kappa shape index (κ3) is 5.05. The average Bonchev–Trinajstić information content (AvgIpc) is 1.88. The third-order valence-electron chi connectivity index (χ3n) is 0.876. The Balaban J connectivity index is 0. The first kappa shape index (κ1) is 11.7. The van der Waals surface area contributed by atoms with Gasteiger partial charge in [0.1, 0.15) is 0 Å². The van der Waals surface area contributed by atoms with Crippen molar-refractivity contribution in [2.45, 2.75) is 0 Å². The molecule has 3 N–H and O–H groups in total. The Morgan fingerprint density at radius 1 is 1.20 bits per heavy atom. The van der Waals surface area contributed by atoms with Crippen LogP contribution >= 0.6 is 0 Å². The lowest BCUT2D eigenvalue weighted by Crippen LogP contribution is -2.21. The molecule has 0 aliphatic carbocycles. The molecule has 0 atom stereocenters. The molecule has 0 bridgehead atoms. The van der Waals surface area contributed by atoms with Gasteiger partial charge in [-0.1, -0.05) is 12.2 Å². The van der Waals surface area contributed by atoms with Crippen LogP contribution in [0.1, 0.15) is 0 Å². The van der Waals surface area contributed by atoms with Crippen LogP contribution in [0, 0.1) is 0 Å². The van der Waals surface area contributed by atoms with Gasteiger partial charge in [0, 0.05) is 13.1 Å². The van der Waals surface area contributed by atoms with Gasteiger partial charge in [-0.05, 0) is 0 Å². The van der Waals surface area contributed by atoms with E-state index in [4.69, 9.17) is 0 Å². The van der Waals surface area contributed by atoms with Crippen molar-refractivity contribution in [1.82, 2.24) is 11.1 Å². The van der Waals surface area contributed by atoms with E-state index in [1.807, 2.05) is 0 Å². The topological polar surface area (TPSA) is 55.3 Å². The number of carbonyl (C=O) groups excluding carboxylic acids is 1. The monoisotopic (exact) mass is 142 g/mol. The molecule has 0 radical (unpaired) electrons. The van der Waals surface area contributed by atoms with E-state index >= 15 is 0 Å². The van der Waals surface area contributed by atoms with Crippen LogP contribution in [0.3, 0.4) is 0 Å². The summed E-state index contributed by atoms with van der Waals surface area (Å²) in [5.74, 6) is 0. The summed E-state index contributed by atoms with van der Waals surface area (Å²) >= 11 is 0. The third-order valence-corrected chi connectivity index (χ3v) is 0.876. The molecule has 3 nitrogen and oxygen atoms in total. The second-order valence-corrected chi connectivity index (χ2v) is 1.64. The number of hydrogen-bond acceptors (Lipinski definition) is 2. The van der Waals surface area contributed by atoms with Gasteiger partial charge in [-0.15, -0.1) is 13.2 Å². The van der Waals surface area contributed by atoms with Crippen LogP contribution in [0.15, 0.2) is 25.3 Å². The molecule has 0 aliphatic rings. The van der Waals surface area contributed by atoms with Gasteiger partial charge in [-0.2, -0.15) is 0 Å². The van der Waals surface area contributed by atoms with Crippen molar-refractivity contribution in [1.29, 1.82) is 0 Å². The molecule has 0 unspecified atom stereocenters. The second-order valence-electron chi connectivity index (χ2n) is 1.64. The van der Waals surface area contributed by atoms with E-state index < -0.39 is 0 Å². The highest BCUT2D eigenvalue weighted by Crippen LogP contribution is 1.81. The highest BCUT2D eigenvalue weighted by Gasteiger charge is 1.91. The predicted octanol–water partition coefficient (Wildman–Crippen LogP) is 0.979. The summed E-state index contributed by atoms with van der Waals surface area (Å²) in [5, 5.41) is 0. The van der Waals surface area contributed by atoms with Crippen LogP contribution in [-0.2, 0) is 4.79 Å². The number of hydrogen-bond donors (Lipinski definition) is 1. The average molecular weight is 142 g/mol. The van der Waals surface area contributed by atoms with E-state index in [1.165, 1.54) is 0 Å². The molecule has 58 valence electrons. The Morgan fingerprint density at radius 2 is 1.60 bits per heavy atom. The van der Waals surface area contributed by atoms with Crippen LogP contribution in [-0.4, -0.2) is 24.4 Å². The van der Waals surface area contributed by atoms with Crippen LogP contribution < -0.4 is 6.15 Å². The fourth-order valence-corrected chi connectivity index (χ4v) is 0.492. The molecule has 0 saturated heterocycles. The Bertz CT molecular complexity index is 102. The first-order valence-corrected chi connectivity index (χ1v) is 2.76. The van der Waals surface area contributed by atoms with E-state index in [-0.39, 0.29) is 6.15 Å². The standard InChI is InChI=1S/C7H11NO.H3N/c1-3-5-8(7-9)6-4-2;/h3-4,7H,1-2,5-6H2;1H3. The van der Waals surface area contributed by atoms with Gasteiger partial charge in [0.2, 0.25) is 6.41 Å². The van der Waals surface area contributed by atoms with E-state index in [2.05, 4.69) is 13.2 Å². The molecule has 0 aromatic rings. The van der Waals surface area contributed by atoms with Crippen molar-refractivity contribution >= 4 is 6.41 Å². The summed E-state index contributed by atoms with van der Waals surface area (Å²) in [4.78, 5) is 11.7. The molecule has 0 saturated carbocycles. The highest BCUT2D eigenvalue weighted by molar-refractivity contribution is 5.47. The maximum atomic E-state index is 10.1. The molecule has 0 aliphatic heterocycles. The number of amides is 1. The highest BCUT2D eigenvalue weighted by atomic mass is 16.1. The van der Waals surface area contributed by atoms with Crippen LogP contribution in [0.5, 0.6) is 0 Å². The van der Waals surface area contributed by atoms with Crippen molar-refractivity contribution < 1.29 is 4.79 Å². The molecule has 0 rings (SSSR count). The molecule has 0 heterocycles. The van der Waals surface area contributed by atoms with Crippen molar-refractivity contribution in [3.63, 3.8) is 0 Å². The predicted molar refractivity (Wildman–Crippen MR) is 43.1 cm³/mol. The fraction of sp³-hybridized carbons (Fsp3) is 0.286. The number of nitrogens with zero attached hydrogens (tertiary/aromatic N) is 1. The lowest BCUT2D eigenvalue weighted by Gasteiger charge is -2.10. The molecule has 0 aromatic heterocycles. The first-order valence-electron chi connectivity index (χ1n) is 2.76. The van der Waals surface area contributed by atoms with Gasteiger partial charge < -0.3 is 11.1 Å². The van der Waals surface area contributed by atoms with Gasteiger partial charge in [0.25, 0.3) is 0 Å². The maximum absolute atomic E-state index is 10.1. The van der Waals surface area contributed by atoms with Gasteiger partial charge >= 0.3 is 0 Å². The second kappa shape index (κ2) is 7.91. The van der Waals surface area contributed by atoms with Crippen LogP contribution in [0.2, 0.25) is 0 Å². The van der Waals surface area contributed by atoms with E-state index in [0.29, 0.717) is 13.1 Å². The number of carbonyl (C=O) groups is 1. The minimum atomic E-state index is 0. The smallest absolute Gasteiger partial charge is 0.210 e. The first-order chi connectivity index (χ1) is 4.35. The molecular weight excluding hydrogens is 128 g/mol. The van der Waals surface area contributed by atoms with Crippen LogP contribution in [0.4, 0.5) is 0 Å². The molecule has 10 heavy (non-hydrogen) atoms. The van der Waals surface area contributed by atoms with Crippen LogP contribution in [0.25, 0.3) is 0 Å². The van der Waals surface area contributed by atoms with Gasteiger partial charge in [-0.25, -0.2) is 0 Å². The lowest BCUT2D eigenvalue weighted by molar-refractivity contribution is -0.117. The lowest BCUT2D eigenvalue weighted by atomic mass is 10.5. The molecule has 0 spiro atoms. The molecule has 0 aromatic carbocycles. The largest absolute Gasteiger partial charge is 0.344 e. The summed E-state index contributed by atoms with van der Waals surface area (Å²) in [6.45, 7) is 8.18. The minimum absolute atomic E-state index is 0. The zero-order valence-corrected chi connectivity index (χ0v) is 6.12. The van der Waals surface area contributed by atoms with Gasteiger partial charge in [0.15, 0.2) is 0 Å². The summed E-state index contributed by atoms with van der Waals surface area (Å²) < 4.78 is 0. The molecule has 0 fully saturated rings.